The highest BCUT2D eigenvalue weighted by Gasteiger charge is 2.08. The third-order valence-corrected chi connectivity index (χ3v) is 2.63. The van der Waals surface area contributed by atoms with Gasteiger partial charge in [-0.05, 0) is 24.3 Å². The molecule has 1 aromatic heterocycles. The summed E-state index contributed by atoms with van der Waals surface area (Å²) >= 11 is 0. The number of rotatable bonds is 6. The lowest BCUT2D eigenvalue weighted by molar-refractivity contribution is -0.116. The van der Waals surface area contributed by atoms with E-state index in [2.05, 4.69) is 5.32 Å². The lowest BCUT2D eigenvalue weighted by Crippen LogP contribution is -2.13. The summed E-state index contributed by atoms with van der Waals surface area (Å²) in [6.45, 7) is -0.0563. The Morgan fingerprint density at radius 1 is 1.30 bits per heavy atom. The summed E-state index contributed by atoms with van der Waals surface area (Å²) in [4.78, 5) is 11.9. The van der Waals surface area contributed by atoms with E-state index >= 15 is 0 Å². The van der Waals surface area contributed by atoms with Gasteiger partial charge in [0.05, 0.1) is 12.0 Å². The van der Waals surface area contributed by atoms with Gasteiger partial charge >= 0.3 is 0 Å². The number of ether oxygens (including phenoxy) is 1. The van der Waals surface area contributed by atoms with E-state index in [1.807, 2.05) is 12.1 Å². The fourth-order valence-electron chi connectivity index (χ4n) is 1.71. The predicted molar refractivity (Wildman–Crippen MR) is 73.2 cm³/mol. The molecule has 20 heavy (non-hydrogen) atoms. The van der Waals surface area contributed by atoms with Gasteiger partial charge in [0, 0.05) is 12.8 Å². The number of amides is 1. The van der Waals surface area contributed by atoms with E-state index < -0.39 is 0 Å². The molecule has 0 spiro atoms. The SMILES string of the molecule is N#CCOc1ccccc1NC(=O)CCc1ccco1. The molecule has 1 N–H and O–H groups in total. The van der Waals surface area contributed by atoms with Crippen LogP contribution in [0, 0.1) is 11.3 Å². The third-order valence-electron chi connectivity index (χ3n) is 2.63. The number of nitriles is 1. The minimum Gasteiger partial charge on any atom is -0.477 e. The van der Waals surface area contributed by atoms with Crippen LogP contribution in [0.4, 0.5) is 5.69 Å². The Morgan fingerprint density at radius 3 is 2.90 bits per heavy atom. The summed E-state index contributed by atoms with van der Waals surface area (Å²) in [6.07, 6.45) is 2.44. The monoisotopic (exact) mass is 270 g/mol. The first kappa shape index (κ1) is 13.7. The normalized spacial score (nSPS) is 9.75. The smallest absolute Gasteiger partial charge is 0.224 e. The number of benzene rings is 1. The highest BCUT2D eigenvalue weighted by atomic mass is 16.5. The van der Waals surface area contributed by atoms with E-state index in [0.29, 0.717) is 24.3 Å². The Morgan fingerprint density at radius 2 is 2.15 bits per heavy atom. The number of hydrogen-bond donors (Lipinski definition) is 1. The van der Waals surface area contributed by atoms with Crippen molar-refractivity contribution in [3.63, 3.8) is 0 Å². The number of anilines is 1. The van der Waals surface area contributed by atoms with E-state index in [1.54, 1.807) is 36.6 Å². The molecule has 0 saturated carbocycles. The predicted octanol–water partition coefficient (Wildman–Crippen LogP) is 2.75. The van der Waals surface area contributed by atoms with Crippen LogP contribution < -0.4 is 10.1 Å². The van der Waals surface area contributed by atoms with Gasteiger partial charge in [-0.25, -0.2) is 0 Å². The Hall–Kier alpha value is -2.74. The topological polar surface area (TPSA) is 75.3 Å². The number of furan rings is 1. The zero-order chi connectivity index (χ0) is 14.2. The lowest BCUT2D eigenvalue weighted by Gasteiger charge is -2.10. The molecular weight excluding hydrogens is 256 g/mol. The Bertz CT molecular complexity index is 600. The fraction of sp³-hybridized carbons (Fsp3) is 0.200. The number of nitrogens with zero attached hydrogens (tertiary/aromatic N) is 1. The van der Waals surface area contributed by atoms with Crippen molar-refractivity contribution in [2.24, 2.45) is 0 Å². The molecule has 5 heteroatoms. The van der Waals surface area contributed by atoms with E-state index in [-0.39, 0.29) is 12.5 Å². The second kappa shape index (κ2) is 7.00. The van der Waals surface area contributed by atoms with Gasteiger partial charge in [0.1, 0.15) is 17.6 Å². The summed E-state index contributed by atoms with van der Waals surface area (Å²) in [5, 5.41) is 11.3. The van der Waals surface area contributed by atoms with Crippen LogP contribution in [0.15, 0.2) is 47.1 Å². The second-order valence-corrected chi connectivity index (χ2v) is 4.07. The molecular formula is C15H14N2O3. The summed E-state index contributed by atoms with van der Waals surface area (Å²) in [5.41, 5.74) is 0.562. The fourth-order valence-corrected chi connectivity index (χ4v) is 1.71. The molecule has 1 amide bonds. The van der Waals surface area contributed by atoms with Crippen molar-refractivity contribution in [1.29, 1.82) is 5.26 Å². The summed E-state index contributed by atoms with van der Waals surface area (Å²) in [6, 6.07) is 12.5. The van der Waals surface area contributed by atoms with Gasteiger partial charge in [0.15, 0.2) is 6.61 Å². The molecule has 5 nitrogen and oxygen atoms in total. The average Bonchev–Trinajstić information content (AvgIpc) is 2.97. The minimum atomic E-state index is -0.130. The molecule has 1 heterocycles. The first-order chi connectivity index (χ1) is 9.79. The van der Waals surface area contributed by atoms with Crippen molar-refractivity contribution < 1.29 is 13.9 Å². The number of carbonyl (C=O) groups is 1. The van der Waals surface area contributed by atoms with Crippen LogP contribution in [0.25, 0.3) is 0 Å². The molecule has 0 atom stereocenters. The minimum absolute atomic E-state index is 0.0563. The zero-order valence-corrected chi connectivity index (χ0v) is 10.8. The molecule has 2 rings (SSSR count). The van der Waals surface area contributed by atoms with E-state index in [0.717, 1.165) is 5.76 Å². The van der Waals surface area contributed by atoms with Gasteiger partial charge in [0.2, 0.25) is 5.91 Å². The van der Waals surface area contributed by atoms with Gasteiger partial charge in [-0.2, -0.15) is 5.26 Å². The molecule has 0 aliphatic carbocycles. The Labute approximate surface area is 116 Å². The van der Waals surface area contributed by atoms with Gasteiger partial charge < -0.3 is 14.5 Å². The van der Waals surface area contributed by atoms with Crippen LogP contribution in [0.1, 0.15) is 12.2 Å². The van der Waals surface area contributed by atoms with E-state index in [1.165, 1.54) is 0 Å². The van der Waals surface area contributed by atoms with E-state index in [9.17, 15) is 4.79 Å². The van der Waals surface area contributed by atoms with Gasteiger partial charge in [-0.3, -0.25) is 4.79 Å². The van der Waals surface area contributed by atoms with Gasteiger partial charge in [-0.15, -0.1) is 0 Å². The number of aryl methyl sites for hydroxylation is 1. The van der Waals surface area contributed by atoms with Crippen LogP contribution in [0.2, 0.25) is 0 Å². The Kier molecular flexibility index (Phi) is 4.79. The number of nitrogens with one attached hydrogen (secondary N) is 1. The molecule has 0 saturated heterocycles. The maximum atomic E-state index is 11.9. The maximum absolute atomic E-state index is 11.9. The molecule has 1 aromatic carbocycles. The summed E-state index contributed by atoms with van der Waals surface area (Å²) in [7, 11) is 0. The average molecular weight is 270 g/mol. The molecule has 0 fully saturated rings. The van der Waals surface area contributed by atoms with Crippen LogP contribution in [-0.4, -0.2) is 12.5 Å². The first-order valence-electron chi connectivity index (χ1n) is 6.20. The number of para-hydroxylation sites is 2. The van der Waals surface area contributed by atoms with Crippen molar-refractivity contribution in [3.8, 4) is 11.8 Å². The van der Waals surface area contributed by atoms with Gasteiger partial charge in [-0.1, -0.05) is 12.1 Å². The standard InChI is InChI=1S/C15H14N2O3/c16-9-11-20-14-6-2-1-5-13(14)17-15(18)8-7-12-4-3-10-19-12/h1-6,10H,7-8,11H2,(H,17,18). The maximum Gasteiger partial charge on any atom is 0.224 e. The first-order valence-corrected chi connectivity index (χ1v) is 6.20. The van der Waals surface area contributed by atoms with E-state index in [4.69, 9.17) is 14.4 Å². The van der Waals surface area contributed by atoms with Crippen LogP contribution in [0.3, 0.4) is 0 Å². The molecule has 0 unspecified atom stereocenters. The van der Waals surface area contributed by atoms with Crippen LogP contribution in [-0.2, 0) is 11.2 Å². The van der Waals surface area contributed by atoms with Crippen molar-refractivity contribution in [3.05, 3.63) is 48.4 Å². The summed E-state index contributed by atoms with van der Waals surface area (Å²) in [5.74, 6) is 1.13. The molecule has 0 radical (unpaired) electrons. The van der Waals surface area contributed by atoms with Crippen molar-refractivity contribution in [2.45, 2.75) is 12.8 Å². The molecule has 0 bridgehead atoms. The van der Waals surface area contributed by atoms with Crippen molar-refractivity contribution >= 4 is 11.6 Å². The molecule has 0 aliphatic rings. The summed E-state index contributed by atoms with van der Waals surface area (Å²) < 4.78 is 10.4. The van der Waals surface area contributed by atoms with Crippen LogP contribution in [0.5, 0.6) is 5.75 Å². The van der Waals surface area contributed by atoms with Crippen LogP contribution >= 0.6 is 0 Å². The molecule has 0 aliphatic heterocycles. The highest BCUT2D eigenvalue weighted by molar-refractivity contribution is 5.92. The number of carbonyl (C=O) groups excluding carboxylic acids is 1. The lowest BCUT2D eigenvalue weighted by atomic mass is 10.2. The van der Waals surface area contributed by atoms with Gasteiger partial charge in [0.25, 0.3) is 0 Å². The number of hydrogen-bond acceptors (Lipinski definition) is 4. The molecule has 102 valence electrons. The molecule has 2 aromatic rings. The largest absolute Gasteiger partial charge is 0.477 e. The zero-order valence-electron chi connectivity index (χ0n) is 10.8. The highest BCUT2D eigenvalue weighted by Crippen LogP contribution is 2.23. The second-order valence-electron chi connectivity index (χ2n) is 4.07. The third kappa shape index (κ3) is 3.89. The Balaban J connectivity index is 1.92. The quantitative estimate of drug-likeness (QED) is 0.875. The van der Waals surface area contributed by atoms with Crippen molar-refractivity contribution in [2.75, 3.05) is 11.9 Å². The van der Waals surface area contributed by atoms with Crippen molar-refractivity contribution in [1.82, 2.24) is 0 Å².